The normalized spacial score (nSPS) is 44.1. The van der Waals surface area contributed by atoms with Crippen molar-refractivity contribution in [2.45, 2.75) is 29.9 Å². The second kappa shape index (κ2) is 3.68. The highest BCUT2D eigenvalue weighted by Crippen LogP contribution is 2.40. The Morgan fingerprint density at radius 3 is 3.15 bits per heavy atom. The molecule has 1 N–H and O–H groups in total. The van der Waals surface area contributed by atoms with Crippen LogP contribution < -0.4 is 0 Å². The first-order valence-electron chi connectivity index (χ1n) is 4.56. The van der Waals surface area contributed by atoms with Crippen molar-refractivity contribution in [3.8, 4) is 0 Å². The number of hydrogen-bond acceptors (Lipinski definition) is 2. The first-order chi connectivity index (χ1) is 6.16. The van der Waals surface area contributed by atoms with Gasteiger partial charge in [0.1, 0.15) is 0 Å². The fourth-order valence-electron chi connectivity index (χ4n) is 1.94. The Kier molecular flexibility index (Phi) is 2.72. The summed E-state index contributed by atoms with van der Waals surface area (Å²) < 4.78 is 0. The van der Waals surface area contributed by atoms with Crippen molar-refractivity contribution in [1.29, 1.82) is 0 Å². The molecule has 0 bridgehead atoms. The van der Waals surface area contributed by atoms with E-state index >= 15 is 0 Å². The van der Waals surface area contributed by atoms with Gasteiger partial charge < -0.3 is 5.11 Å². The van der Waals surface area contributed by atoms with Crippen LogP contribution in [0.4, 0.5) is 0 Å². The van der Waals surface area contributed by atoms with Gasteiger partial charge in [0.05, 0.1) is 6.10 Å². The minimum absolute atomic E-state index is 0.221. The molecule has 13 heavy (non-hydrogen) atoms. The highest BCUT2D eigenvalue weighted by molar-refractivity contribution is 8.00. The molecule has 2 aliphatic rings. The summed E-state index contributed by atoms with van der Waals surface area (Å²) in [4.78, 5) is 0. The Hall–Kier alpha value is 0.0800. The summed E-state index contributed by atoms with van der Waals surface area (Å²) in [6.07, 6.45) is 6.67. The van der Waals surface area contributed by atoms with Crippen LogP contribution >= 0.6 is 23.4 Å². The average molecular weight is 217 g/mol. The molecule has 0 spiro atoms. The van der Waals surface area contributed by atoms with Crippen LogP contribution in [0.15, 0.2) is 23.3 Å². The highest BCUT2D eigenvalue weighted by atomic mass is 35.5. The van der Waals surface area contributed by atoms with Crippen molar-refractivity contribution in [2.75, 3.05) is 0 Å². The van der Waals surface area contributed by atoms with E-state index in [4.69, 9.17) is 11.6 Å². The predicted molar refractivity (Wildman–Crippen MR) is 58.0 cm³/mol. The van der Waals surface area contributed by atoms with Crippen LogP contribution in [0.5, 0.6) is 0 Å². The van der Waals surface area contributed by atoms with Gasteiger partial charge in [-0.1, -0.05) is 30.7 Å². The Labute approximate surface area is 87.9 Å². The van der Waals surface area contributed by atoms with Crippen molar-refractivity contribution in [2.24, 2.45) is 5.92 Å². The maximum atomic E-state index is 9.84. The molecule has 1 saturated heterocycles. The van der Waals surface area contributed by atoms with Crippen molar-refractivity contribution >= 4 is 23.4 Å². The molecule has 0 aromatic rings. The number of aliphatic hydroxyl groups is 1. The molecule has 0 aromatic carbocycles. The van der Waals surface area contributed by atoms with Gasteiger partial charge in [-0.25, -0.2) is 0 Å². The number of aliphatic hydroxyl groups excluding tert-OH is 1. The van der Waals surface area contributed by atoms with Gasteiger partial charge in [0, 0.05) is 21.5 Å². The van der Waals surface area contributed by atoms with Crippen LogP contribution in [0.2, 0.25) is 0 Å². The second-order valence-electron chi connectivity index (χ2n) is 3.70. The molecule has 1 fully saturated rings. The number of rotatable bonds is 0. The summed E-state index contributed by atoms with van der Waals surface area (Å²) in [5.74, 6) is 0.221. The van der Waals surface area contributed by atoms with Crippen LogP contribution in [-0.2, 0) is 0 Å². The summed E-state index contributed by atoms with van der Waals surface area (Å²) in [5.41, 5.74) is 0. The summed E-state index contributed by atoms with van der Waals surface area (Å²) in [5, 5.41) is 11.6. The SMILES string of the molecule is C[C@H]1C[C@H](O)[C@@H]2C=C(Cl)C=C[C@@H]2S1. The van der Waals surface area contributed by atoms with E-state index in [2.05, 4.69) is 13.0 Å². The number of hydrogen-bond donors (Lipinski definition) is 1. The fourth-order valence-corrected chi connectivity index (χ4v) is 3.61. The van der Waals surface area contributed by atoms with Gasteiger partial charge in [0.2, 0.25) is 0 Å². The zero-order valence-corrected chi connectivity index (χ0v) is 9.05. The van der Waals surface area contributed by atoms with E-state index in [1.807, 2.05) is 23.9 Å². The maximum absolute atomic E-state index is 9.84. The van der Waals surface area contributed by atoms with Gasteiger partial charge >= 0.3 is 0 Å². The molecule has 4 atom stereocenters. The number of thioether (sulfide) groups is 1. The van der Waals surface area contributed by atoms with Gasteiger partial charge in [-0.05, 0) is 12.5 Å². The average Bonchev–Trinajstić information content (AvgIpc) is 2.06. The maximum Gasteiger partial charge on any atom is 0.0627 e. The molecule has 0 aromatic heterocycles. The van der Waals surface area contributed by atoms with E-state index in [1.165, 1.54) is 0 Å². The Morgan fingerprint density at radius 1 is 1.62 bits per heavy atom. The minimum Gasteiger partial charge on any atom is -0.392 e. The fraction of sp³-hybridized carbons (Fsp3) is 0.600. The lowest BCUT2D eigenvalue weighted by Crippen LogP contribution is -2.36. The summed E-state index contributed by atoms with van der Waals surface area (Å²) in [6.45, 7) is 2.16. The Balaban J connectivity index is 2.17. The molecular weight excluding hydrogens is 204 g/mol. The largest absolute Gasteiger partial charge is 0.392 e. The van der Waals surface area contributed by atoms with Crippen molar-refractivity contribution in [3.05, 3.63) is 23.3 Å². The quantitative estimate of drug-likeness (QED) is 0.672. The van der Waals surface area contributed by atoms with E-state index < -0.39 is 0 Å². The van der Waals surface area contributed by atoms with Gasteiger partial charge in [0.25, 0.3) is 0 Å². The van der Waals surface area contributed by atoms with Crippen molar-refractivity contribution in [1.82, 2.24) is 0 Å². The zero-order valence-electron chi connectivity index (χ0n) is 7.48. The Bertz CT molecular complexity index is 262. The van der Waals surface area contributed by atoms with Crippen molar-refractivity contribution < 1.29 is 5.11 Å². The minimum atomic E-state index is -0.222. The van der Waals surface area contributed by atoms with E-state index in [-0.39, 0.29) is 12.0 Å². The summed E-state index contributed by atoms with van der Waals surface area (Å²) in [7, 11) is 0. The lowest BCUT2D eigenvalue weighted by Gasteiger charge is -2.36. The molecule has 0 radical (unpaired) electrons. The first kappa shape index (κ1) is 9.63. The molecule has 72 valence electrons. The molecule has 2 rings (SSSR count). The smallest absolute Gasteiger partial charge is 0.0627 e. The molecule has 0 amide bonds. The standard InChI is InChI=1S/C10H13ClOS/c1-6-4-9(12)8-5-7(11)2-3-10(8)13-6/h2-3,5-6,8-10,12H,4H2,1H3/t6-,8-,9-,10-/m0/s1. The summed E-state index contributed by atoms with van der Waals surface area (Å²) >= 11 is 7.82. The monoisotopic (exact) mass is 216 g/mol. The van der Waals surface area contributed by atoms with E-state index in [1.54, 1.807) is 0 Å². The molecule has 1 heterocycles. The lowest BCUT2D eigenvalue weighted by atomic mass is 9.91. The second-order valence-corrected chi connectivity index (χ2v) is 5.76. The topological polar surface area (TPSA) is 20.2 Å². The number of fused-ring (bicyclic) bond motifs is 1. The number of halogens is 1. The zero-order chi connectivity index (χ0) is 9.42. The van der Waals surface area contributed by atoms with E-state index in [0.717, 1.165) is 11.5 Å². The van der Waals surface area contributed by atoms with E-state index in [9.17, 15) is 5.11 Å². The highest BCUT2D eigenvalue weighted by Gasteiger charge is 2.34. The number of allylic oxidation sites excluding steroid dienone is 2. The van der Waals surface area contributed by atoms with Gasteiger partial charge in [-0.2, -0.15) is 11.8 Å². The molecular formula is C10H13ClOS. The van der Waals surface area contributed by atoms with Crippen LogP contribution in [-0.4, -0.2) is 21.7 Å². The van der Waals surface area contributed by atoms with Crippen LogP contribution in [0.1, 0.15) is 13.3 Å². The summed E-state index contributed by atoms with van der Waals surface area (Å²) in [6, 6.07) is 0. The predicted octanol–water partition coefficient (Wildman–Crippen LogP) is 2.55. The molecule has 0 unspecified atom stereocenters. The third-order valence-corrected chi connectivity index (χ3v) is 4.28. The van der Waals surface area contributed by atoms with Crippen LogP contribution in [0.25, 0.3) is 0 Å². The molecule has 1 aliphatic carbocycles. The van der Waals surface area contributed by atoms with Crippen LogP contribution in [0.3, 0.4) is 0 Å². The van der Waals surface area contributed by atoms with Gasteiger partial charge in [0.15, 0.2) is 0 Å². The third-order valence-electron chi connectivity index (χ3n) is 2.58. The van der Waals surface area contributed by atoms with Crippen molar-refractivity contribution in [3.63, 3.8) is 0 Å². The molecule has 1 nitrogen and oxygen atoms in total. The van der Waals surface area contributed by atoms with Crippen LogP contribution in [0, 0.1) is 5.92 Å². The van der Waals surface area contributed by atoms with Gasteiger partial charge in [-0.3, -0.25) is 0 Å². The first-order valence-corrected chi connectivity index (χ1v) is 5.88. The lowest BCUT2D eigenvalue weighted by molar-refractivity contribution is 0.118. The molecule has 0 saturated carbocycles. The third kappa shape index (κ3) is 1.95. The Morgan fingerprint density at radius 2 is 2.38 bits per heavy atom. The van der Waals surface area contributed by atoms with E-state index in [0.29, 0.717) is 10.5 Å². The molecule has 3 heteroatoms. The van der Waals surface area contributed by atoms with Gasteiger partial charge in [-0.15, -0.1) is 0 Å². The molecule has 1 aliphatic heterocycles.